The third-order valence-electron chi connectivity index (χ3n) is 13.2. The molecule has 0 aromatic rings. The van der Waals surface area contributed by atoms with E-state index < -0.39 is 49.5 Å². The molecule has 1 rings (SSSR count). The number of unbranched alkanes of at least 4 members (excludes halogenated alkanes) is 36. The molecule has 0 spiro atoms. The molecular formula is C52H103NO8. The molecule has 1 aliphatic rings. The summed E-state index contributed by atoms with van der Waals surface area (Å²) in [6.07, 6.45) is 42.7. The zero-order valence-corrected chi connectivity index (χ0v) is 40.2. The van der Waals surface area contributed by atoms with Crippen molar-refractivity contribution in [2.45, 2.75) is 314 Å². The summed E-state index contributed by atoms with van der Waals surface area (Å²) in [7, 11) is 0. The van der Waals surface area contributed by atoms with E-state index in [9.17, 15) is 30.3 Å². The van der Waals surface area contributed by atoms with Crippen molar-refractivity contribution in [3.63, 3.8) is 0 Å². The average molecular weight is 870 g/mol. The van der Waals surface area contributed by atoms with Gasteiger partial charge in [-0.15, -0.1) is 0 Å². The molecule has 364 valence electrons. The van der Waals surface area contributed by atoms with Gasteiger partial charge in [0, 0.05) is 6.42 Å². The number of ether oxygens (including phenoxy) is 2. The van der Waals surface area contributed by atoms with Crippen LogP contribution in [0.3, 0.4) is 0 Å². The first kappa shape index (κ1) is 58.2. The fourth-order valence-corrected chi connectivity index (χ4v) is 8.93. The third-order valence-corrected chi connectivity index (χ3v) is 13.2. The number of aliphatic hydroxyl groups excluding tert-OH is 5. The van der Waals surface area contributed by atoms with Gasteiger partial charge in [-0.2, -0.15) is 0 Å². The van der Waals surface area contributed by atoms with E-state index in [2.05, 4.69) is 19.2 Å². The number of carbonyl (C=O) groups is 1. The van der Waals surface area contributed by atoms with Crippen LogP contribution in [0.5, 0.6) is 0 Å². The molecule has 0 aromatic carbocycles. The molecule has 1 heterocycles. The highest BCUT2D eigenvalue weighted by atomic mass is 16.7. The molecule has 0 radical (unpaired) electrons. The van der Waals surface area contributed by atoms with Crippen LogP contribution >= 0.6 is 0 Å². The van der Waals surface area contributed by atoms with Gasteiger partial charge < -0.3 is 40.3 Å². The van der Waals surface area contributed by atoms with Crippen LogP contribution in [0.2, 0.25) is 0 Å². The minimum absolute atomic E-state index is 0.131. The lowest BCUT2D eigenvalue weighted by molar-refractivity contribution is -0.302. The molecule has 9 heteroatoms. The summed E-state index contributed by atoms with van der Waals surface area (Å²) >= 11 is 0. The van der Waals surface area contributed by atoms with Crippen LogP contribution in [0.4, 0.5) is 0 Å². The Bertz CT molecular complexity index is 924. The van der Waals surface area contributed by atoms with E-state index >= 15 is 0 Å². The van der Waals surface area contributed by atoms with Crippen LogP contribution in [-0.4, -0.2) is 87.5 Å². The van der Waals surface area contributed by atoms with Gasteiger partial charge >= 0.3 is 0 Å². The lowest BCUT2D eigenvalue weighted by Gasteiger charge is -2.40. The summed E-state index contributed by atoms with van der Waals surface area (Å²) in [5.41, 5.74) is 0. The number of amides is 1. The maximum Gasteiger partial charge on any atom is 0.220 e. The fourth-order valence-electron chi connectivity index (χ4n) is 8.93. The van der Waals surface area contributed by atoms with E-state index in [-0.39, 0.29) is 12.5 Å². The van der Waals surface area contributed by atoms with Gasteiger partial charge in [0.05, 0.1) is 25.4 Å². The second-order valence-electron chi connectivity index (χ2n) is 19.0. The molecule has 1 fully saturated rings. The van der Waals surface area contributed by atoms with E-state index in [4.69, 9.17) is 9.47 Å². The van der Waals surface area contributed by atoms with Crippen molar-refractivity contribution < 1.29 is 39.8 Å². The highest BCUT2D eigenvalue weighted by Crippen LogP contribution is 2.23. The summed E-state index contributed by atoms with van der Waals surface area (Å²) in [4.78, 5) is 13.0. The summed E-state index contributed by atoms with van der Waals surface area (Å²) < 4.78 is 11.3. The van der Waals surface area contributed by atoms with Crippen molar-refractivity contribution >= 4 is 5.91 Å². The van der Waals surface area contributed by atoms with Crippen LogP contribution in [0.15, 0.2) is 0 Å². The van der Waals surface area contributed by atoms with Gasteiger partial charge in [0.25, 0.3) is 0 Å². The fraction of sp³-hybridized carbons (Fsp3) is 0.981. The molecular weight excluding hydrogens is 767 g/mol. The summed E-state index contributed by atoms with van der Waals surface area (Å²) in [5.74, 6) is -0.140. The molecule has 1 saturated heterocycles. The lowest BCUT2D eigenvalue weighted by atomic mass is 9.99. The monoisotopic (exact) mass is 870 g/mol. The number of hydrogen-bond acceptors (Lipinski definition) is 8. The molecule has 0 saturated carbocycles. The number of nitrogens with one attached hydrogen (secondary N) is 1. The van der Waals surface area contributed by atoms with Crippen LogP contribution in [0, 0.1) is 0 Å². The molecule has 9 nitrogen and oxygen atoms in total. The molecule has 0 bridgehead atoms. The van der Waals surface area contributed by atoms with Gasteiger partial charge in [-0.05, 0) is 12.8 Å². The van der Waals surface area contributed by atoms with Crippen molar-refractivity contribution in [2.75, 3.05) is 13.2 Å². The molecule has 1 amide bonds. The number of carbonyl (C=O) groups excluding carboxylic acids is 1. The number of rotatable bonds is 46. The zero-order valence-electron chi connectivity index (χ0n) is 40.2. The quantitative estimate of drug-likeness (QED) is 0.0331. The van der Waals surface area contributed by atoms with Crippen molar-refractivity contribution in [3.05, 3.63) is 0 Å². The normalized spacial score (nSPS) is 20.3. The Labute approximate surface area is 376 Å². The first-order valence-electron chi connectivity index (χ1n) is 26.7. The van der Waals surface area contributed by atoms with Gasteiger partial charge in [-0.3, -0.25) is 4.79 Å². The van der Waals surface area contributed by atoms with Crippen LogP contribution in [0.25, 0.3) is 0 Å². The van der Waals surface area contributed by atoms with Crippen LogP contribution in [0.1, 0.15) is 271 Å². The minimum Gasteiger partial charge on any atom is -0.394 e. The zero-order chi connectivity index (χ0) is 44.4. The van der Waals surface area contributed by atoms with Gasteiger partial charge in [-0.1, -0.05) is 251 Å². The highest BCUT2D eigenvalue weighted by molar-refractivity contribution is 5.76. The Morgan fingerprint density at radius 1 is 0.492 bits per heavy atom. The Balaban J connectivity index is 2.17. The number of hydrogen-bond donors (Lipinski definition) is 6. The predicted octanol–water partition coefficient (Wildman–Crippen LogP) is 12.3. The first-order chi connectivity index (χ1) is 29.8. The summed E-state index contributed by atoms with van der Waals surface area (Å²) in [6.45, 7) is 3.86. The van der Waals surface area contributed by atoms with E-state index in [0.29, 0.717) is 12.8 Å². The van der Waals surface area contributed by atoms with E-state index in [0.717, 1.165) is 38.5 Å². The van der Waals surface area contributed by atoms with Gasteiger partial charge in [0.2, 0.25) is 5.91 Å². The third kappa shape index (κ3) is 33.3. The Hall–Kier alpha value is -0.810. The maximum absolute atomic E-state index is 13.0. The molecule has 7 atom stereocenters. The molecule has 1 aliphatic heterocycles. The molecule has 7 unspecified atom stereocenters. The van der Waals surface area contributed by atoms with Gasteiger partial charge in [-0.25, -0.2) is 0 Å². The van der Waals surface area contributed by atoms with Gasteiger partial charge in [0.15, 0.2) is 6.29 Å². The van der Waals surface area contributed by atoms with Crippen molar-refractivity contribution in [2.24, 2.45) is 0 Å². The van der Waals surface area contributed by atoms with Crippen molar-refractivity contribution in [3.8, 4) is 0 Å². The first-order valence-corrected chi connectivity index (χ1v) is 26.7. The van der Waals surface area contributed by atoms with Crippen LogP contribution in [-0.2, 0) is 14.3 Å². The highest BCUT2D eigenvalue weighted by Gasteiger charge is 2.44. The topological polar surface area (TPSA) is 149 Å². The molecule has 0 aliphatic carbocycles. The van der Waals surface area contributed by atoms with Crippen LogP contribution < -0.4 is 5.32 Å². The lowest BCUT2D eigenvalue weighted by Crippen LogP contribution is -2.60. The SMILES string of the molecule is CCCCCCCCCCCCCCCCCCCCCCCCCCCCC(O)C(COC1OC(CO)C(O)C(O)C1O)NC(=O)CCCCCCCCCCCCCC. The van der Waals surface area contributed by atoms with Crippen molar-refractivity contribution in [1.29, 1.82) is 0 Å². The van der Waals surface area contributed by atoms with Gasteiger partial charge in [0.1, 0.15) is 24.4 Å². The molecule has 0 aromatic heterocycles. The Morgan fingerprint density at radius 3 is 1.16 bits per heavy atom. The summed E-state index contributed by atoms with van der Waals surface area (Å²) in [6, 6.07) is -0.712. The standard InChI is InChI=1S/C52H103NO8/c1-3-5-7-9-11-13-15-17-18-19-20-21-22-23-24-25-26-27-28-29-30-31-33-35-37-39-41-46(55)45(44-60-52-51(59)50(58)49(57)47(43-54)61-52)53-48(56)42-40-38-36-34-32-16-14-12-10-8-6-4-2/h45-47,49-52,54-55,57-59H,3-44H2,1-2H3,(H,53,56). The van der Waals surface area contributed by atoms with E-state index in [1.165, 1.54) is 205 Å². The largest absolute Gasteiger partial charge is 0.394 e. The Kier molecular flexibility index (Phi) is 41.1. The smallest absolute Gasteiger partial charge is 0.220 e. The number of aliphatic hydroxyl groups is 5. The maximum atomic E-state index is 13.0. The molecule has 61 heavy (non-hydrogen) atoms. The van der Waals surface area contributed by atoms with E-state index in [1.807, 2.05) is 0 Å². The molecule has 6 N–H and O–H groups in total. The second kappa shape index (κ2) is 43.1. The Morgan fingerprint density at radius 2 is 0.820 bits per heavy atom. The second-order valence-corrected chi connectivity index (χ2v) is 19.0. The summed E-state index contributed by atoms with van der Waals surface area (Å²) in [5, 5.41) is 54.5. The van der Waals surface area contributed by atoms with Crippen molar-refractivity contribution in [1.82, 2.24) is 5.32 Å². The average Bonchev–Trinajstić information content (AvgIpc) is 3.26. The van der Waals surface area contributed by atoms with E-state index in [1.54, 1.807) is 0 Å². The minimum atomic E-state index is -1.55. The predicted molar refractivity (Wildman–Crippen MR) is 254 cm³/mol.